The fourth-order valence-electron chi connectivity index (χ4n) is 2.79. The van der Waals surface area contributed by atoms with E-state index in [1.54, 1.807) is 13.0 Å². The standard InChI is InChI=1S/C21H30N4O2/c1-4-25(5-2)12-10-22-17-6-8-18(9-7-17)24-20-14-16(3)21(27)15-19(20)23-11-13-26/h6-9,14-15,22-23,26H,4-5,10-13H2,1-3H3/b24-20+. The number of hydrogen-bond acceptors (Lipinski definition) is 6. The number of nitrogens with zero attached hydrogens (tertiary/aromatic N) is 2. The molecule has 1 aliphatic carbocycles. The van der Waals surface area contributed by atoms with Gasteiger partial charge < -0.3 is 20.6 Å². The quantitative estimate of drug-likeness (QED) is 0.552. The number of anilines is 1. The summed E-state index contributed by atoms with van der Waals surface area (Å²) < 4.78 is 0. The van der Waals surface area contributed by atoms with Gasteiger partial charge in [-0.25, -0.2) is 4.99 Å². The second-order valence-electron chi connectivity index (χ2n) is 6.40. The molecule has 0 atom stereocenters. The van der Waals surface area contributed by atoms with Gasteiger partial charge in [0, 0.05) is 31.4 Å². The second kappa shape index (κ2) is 10.6. The Morgan fingerprint density at radius 3 is 2.37 bits per heavy atom. The maximum absolute atomic E-state index is 11.9. The van der Waals surface area contributed by atoms with Gasteiger partial charge in [-0.1, -0.05) is 13.8 Å². The molecule has 0 bridgehead atoms. The van der Waals surface area contributed by atoms with Crippen molar-refractivity contribution in [1.82, 2.24) is 10.2 Å². The molecule has 0 spiro atoms. The number of benzene rings is 1. The first-order chi connectivity index (χ1) is 13.1. The minimum Gasteiger partial charge on any atom is -0.395 e. The number of aliphatic hydroxyl groups excluding tert-OH is 1. The predicted octanol–water partition coefficient (Wildman–Crippen LogP) is 2.51. The van der Waals surface area contributed by atoms with Crippen molar-refractivity contribution in [2.24, 2.45) is 4.99 Å². The Labute approximate surface area is 161 Å². The largest absolute Gasteiger partial charge is 0.395 e. The zero-order valence-corrected chi connectivity index (χ0v) is 16.5. The van der Waals surface area contributed by atoms with Crippen molar-refractivity contribution in [3.63, 3.8) is 0 Å². The molecule has 2 rings (SSSR count). The number of aliphatic imine (C=N–C) groups is 1. The van der Waals surface area contributed by atoms with Gasteiger partial charge in [0.25, 0.3) is 0 Å². The predicted molar refractivity (Wildman–Crippen MR) is 112 cm³/mol. The van der Waals surface area contributed by atoms with Gasteiger partial charge in [-0.15, -0.1) is 0 Å². The minimum atomic E-state index is -0.0397. The van der Waals surface area contributed by atoms with Crippen molar-refractivity contribution in [3.05, 3.63) is 47.7 Å². The van der Waals surface area contributed by atoms with Crippen LogP contribution in [0.5, 0.6) is 0 Å². The first kappa shape index (κ1) is 20.9. The summed E-state index contributed by atoms with van der Waals surface area (Å²) in [6.07, 6.45) is 3.31. The van der Waals surface area contributed by atoms with E-state index >= 15 is 0 Å². The minimum absolute atomic E-state index is 0.00460. The lowest BCUT2D eigenvalue weighted by Gasteiger charge is -2.18. The molecule has 0 heterocycles. The lowest BCUT2D eigenvalue weighted by Crippen LogP contribution is -2.28. The van der Waals surface area contributed by atoms with Gasteiger partial charge in [-0.3, -0.25) is 4.79 Å². The smallest absolute Gasteiger partial charge is 0.183 e. The third-order valence-corrected chi connectivity index (χ3v) is 4.49. The zero-order valence-electron chi connectivity index (χ0n) is 16.5. The van der Waals surface area contributed by atoms with E-state index < -0.39 is 0 Å². The van der Waals surface area contributed by atoms with Gasteiger partial charge >= 0.3 is 0 Å². The third-order valence-electron chi connectivity index (χ3n) is 4.49. The highest BCUT2D eigenvalue weighted by Crippen LogP contribution is 2.20. The van der Waals surface area contributed by atoms with Crippen LogP contribution in [0.15, 0.2) is 52.7 Å². The van der Waals surface area contributed by atoms with E-state index in [1.165, 1.54) is 6.08 Å². The average Bonchev–Trinajstić information content (AvgIpc) is 2.68. The highest BCUT2D eigenvalue weighted by atomic mass is 16.3. The topological polar surface area (TPSA) is 77.0 Å². The highest BCUT2D eigenvalue weighted by Gasteiger charge is 2.15. The number of allylic oxidation sites excluding steroid dienone is 3. The summed E-state index contributed by atoms with van der Waals surface area (Å²) in [5, 5.41) is 15.5. The lowest BCUT2D eigenvalue weighted by atomic mass is 10.0. The Balaban J connectivity index is 2.04. The first-order valence-electron chi connectivity index (χ1n) is 9.51. The number of carbonyl (C=O) groups excluding carboxylic acids is 1. The van der Waals surface area contributed by atoms with Crippen molar-refractivity contribution in [1.29, 1.82) is 0 Å². The molecule has 27 heavy (non-hydrogen) atoms. The molecule has 0 unspecified atom stereocenters. The van der Waals surface area contributed by atoms with Crippen molar-refractivity contribution in [3.8, 4) is 0 Å². The fraction of sp³-hybridized carbons (Fsp3) is 0.429. The van der Waals surface area contributed by atoms with E-state index in [0.717, 1.165) is 37.6 Å². The molecule has 1 aromatic rings. The molecule has 0 amide bonds. The van der Waals surface area contributed by atoms with Crippen LogP contribution in [0.4, 0.5) is 11.4 Å². The summed E-state index contributed by atoms with van der Waals surface area (Å²) in [7, 11) is 0. The Morgan fingerprint density at radius 1 is 1.04 bits per heavy atom. The van der Waals surface area contributed by atoms with Crippen LogP contribution in [0, 0.1) is 0 Å². The number of nitrogens with one attached hydrogen (secondary N) is 2. The van der Waals surface area contributed by atoms with Gasteiger partial charge in [-0.05, 0) is 55.9 Å². The van der Waals surface area contributed by atoms with E-state index in [9.17, 15) is 4.79 Å². The summed E-state index contributed by atoms with van der Waals surface area (Å²) in [5.74, 6) is -0.0397. The third kappa shape index (κ3) is 6.34. The van der Waals surface area contributed by atoms with E-state index in [1.807, 2.05) is 24.3 Å². The summed E-state index contributed by atoms with van der Waals surface area (Å²) in [6.45, 7) is 10.5. The molecule has 3 N–H and O–H groups in total. The monoisotopic (exact) mass is 370 g/mol. The van der Waals surface area contributed by atoms with Gasteiger partial charge in [0.1, 0.15) is 0 Å². The van der Waals surface area contributed by atoms with Gasteiger partial charge in [0.2, 0.25) is 0 Å². The zero-order chi connectivity index (χ0) is 19.6. The number of aliphatic hydroxyl groups is 1. The lowest BCUT2D eigenvalue weighted by molar-refractivity contribution is -0.111. The summed E-state index contributed by atoms with van der Waals surface area (Å²) in [5.41, 5.74) is 3.86. The summed E-state index contributed by atoms with van der Waals surface area (Å²) in [6, 6.07) is 7.93. The molecule has 146 valence electrons. The van der Waals surface area contributed by atoms with Crippen LogP contribution in [0.3, 0.4) is 0 Å². The molecule has 0 saturated heterocycles. The second-order valence-corrected chi connectivity index (χ2v) is 6.40. The summed E-state index contributed by atoms with van der Waals surface area (Å²) >= 11 is 0. The normalized spacial score (nSPS) is 15.7. The Hall–Kier alpha value is -2.44. The average molecular weight is 370 g/mol. The van der Waals surface area contributed by atoms with Crippen LogP contribution in [-0.4, -0.2) is 60.8 Å². The molecule has 0 fully saturated rings. The molecular weight excluding hydrogens is 340 g/mol. The van der Waals surface area contributed by atoms with Gasteiger partial charge in [0.15, 0.2) is 5.78 Å². The van der Waals surface area contributed by atoms with Crippen molar-refractivity contribution < 1.29 is 9.90 Å². The molecule has 0 aliphatic heterocycles. The molecule has 0 aromatic heterocycles. The molecule has 0 radical (unpaired) electrons. The van der Waals surface area contributed by atoms with E-state index in [0.29, 0.717) is 23.5 Å². The van der Waals surface area contributed by atoms with Crippen LogP contribution in [0.1, 0.15) is 20.8 Å². The Bertz CT molecular complexity index is 716. The number of carbonyl (C=O) groups is 1. The molecule has 0 saturated carbocycles. The molecule has 1 aliphatic rings. The van der Waals surface area contributed by atoms with Crippen molar-refractivity contribution >= 4 is 22.9 Å². The number of hydrogen-bond donors (Lipinski definition) is 3. The number of ketones is 1. The number of likely N-dealkylation sites (N-methyl/N-ethyl adjacent to an activating group) is 1. The molecule has 6 heteroatoms. The van der Waals surface area contributed by atoms with E-state index in [4.69, 9.17) is 5.11 Å². The van der Waals surface area contributed by atoms with Crippen LogP contribution < -0.4 is 10.6 Å². The number of rotatable bonds is 10. The Morgan fingerprint density at radius 2 is 1.74 bits per heavy atom. The van der Waals surface area contributed by atoms with Crippen LogP contribution in [-0.2, 0) is 4.79 Å². The molecule has 6 nitrogen and oxygen atoms in total. The maximum Gasteiger partial charge on any atom is 0.183 e. The van der Waals surface area contributed by atoms with Gasteiger partial charge in [-0.2, -0.15) is 0 Å². The molecular formula is C21H30N4O2. The van der Waals surface area contributed by atoms with E-state index in [2.05, 4.69) is 34.4 Å². The molecule has 1 aromatic carbocycles. The van der Waals surface area contributed by atoms with Crippen LogP contribution in [0.25, 0.3) is 0 Å². The van der Waals surface area contributed by atoms with E-state index in [-0.39, 0.29) is 12.4 Å². The maximum atomic E-state index is 11.9. The van der Waals surface area contributed by atoms with Crippen LogP contribution >= 0.6 is 0 Å². The van der Waals surface area contributed by atoms with Gasteiger partial charge in [0.05, 0.1) is 23.7 Å². The summed E-state index contributed by atoms with van der Waals surface area (Å²) in [4.78, 5) is 18.9. The highest BCUT2D eigenvalue weighted by molar-refractivity contribution is 6.22. The van der Waals surface area contributed by atoms with Crippen LogP contribution in [0.2, 0.25) is 0 Å². The van der Waals surface area contributed by atoms with Crippen molar-refractivity contribution in [2.75, 3.05) is 44.6 Å². The SMILES string of the molecule is CCN(CC)CCNc1ccc(/N=C2\C=C(C)C(=O)C=C2NCCO)cc1. The fourth-order valence-corrected chi connectivity index (χ4v) is 2.79. The first-order valence-corrected chi connectivity index (χ1v) is 9.51. The Kier molecular flexibility index (Phi) is 8.23. The van der Waals surface area contributed by atoms with Crippen molar-refractivity contribution in [2.45, 2.75) is 20.8 Å².